The van der Waals surface area contributed by atoms with Crippen LogP contribution in [0.3, 0.4) is 0 Å². The summed E-state index contributed by atoms with van der Waals surface area (Å²) in [6.07, 6.45) is 1.68. The van der Waals surface area contributed by atoms with E-state index in [2.05, 4.69) is 17.1 Å². The van der Waals surface area contributed by atoms with Gasteiger partial charge < -0.3 is 15.4 Å². The number of hydrogen-bond donors (Lipinski definition) is 2. The van der Waals surface area contributed by atoms with Crippen LogP contribution in [0.4, 0.5) is 0 Å². The van der Waals surface area contributed by atoms with Gasteiger partial charge in [-0.15, -0.1) is 0 Å². The van der Waals surface area contributed by atoms with Gasteiger partial charge in [-0.25, -0.2) is 0 Å². The molecule has 0 aliphatic carbocycles. The molecule has 0 saturated heterocycles. The van der Waals surface area contributed by atoms with Crippen molar-refractivity contribution in [2.45, 2.75) is 19.8 Å². The molecule has 2 aromatic rings. The summed E-state index contributed by atoms with van der Waals surface area (Å²) in [5.41, 5.74) is 6.39. The van der Waals surface area contributed by atoms with Gasteiger partial charge in [-0.2, -0.15) is 4.98 Å². The van der Waals surface area contributed by atoms with Gasteiger partial charge in [0.1, 0.15) is 5.75 Å². The molecule has 1 aromatic carbocycles. The van der Waals surface area contributed by atoms with E-state index in [1.54, 1.807) is 18.2 Å². The third-order valence-electron chi connectivity index (χ3n) is 2.95. The SMILES string of the molecule is CCC(CN)Cc1nc(-c2cccc(O)c2)no1. The van der Waals surface area contributed by atoms with Gasteiger partial charge in [-0.05, 0) is 24.6 Å². The van der Waals surface area contributed by atoms with E-state index in [-0.39, 0.29) is 5.75 Å². The molecule has 0 bridgehead atoms. The molecule has 1 heterocycles. The molecule has 0 aliphatic rings. The molecule has 5 heteroatoms. The molecular formula is C13H17N3O2. The largest absolute Gasteiger partial charge is 0.508 e. The summed E-state index contributed by atoms with van der Waals surface area (Å²) in [6.45, 7) is 2.70. The average molecular weight is 247 g/mol. The second-order valence-electron chi connectivity index (χ2n) is 4.28. The van der Waals surface area contributed by atoms with Crippen LogP contribution in [0.25, 0.3) is 11.4 Å². The Hall–Kier alpha value is -1.88. The number of phenolic OH excluding ortho intramolecular Hbond substituents is 1. The quantitative estimate of drug-likeness (QED) is 0.843. The highest BCUT2D eigenvalue weighted by Gasteiger charge is 2.13. The Morgan fingerprint density at radius 1 is 1.44 bits per heavy atom. The number of phenols is 1. The molecule has 1 atom stereocenters. The predicted molar refractivity (Wildman–Crippen MR) is 67.9 cm³/mol. The fraction of sp³-hybridized carbons (Fsp3) is 0.385. The standard InChI is InChI=1S/C13H17N3O2/c1-2-9(8-14)6-12-15-13(16-18-12)10-4-3-5-11(17)7-10/h3-5,7,9,17H,2,6,8,14H2,1H3. The van der Waals surface area contributed by atoms with Gasteiger partial charge in [0.2, 0.25) is 11.7 Å². The first-order valence-electron chi connectivity index (χ1n) is 6.05. The summed E-state index contributed by atoms with van der Waals surface area (Å²) in [5.74, 6) is 1.63. The fourth-order valence-corrected chi connectivity index (χ4v) is 1.74. The van der Waals surface area contributed by atoms with Crippen LogP contribution in [-0.4, -0.2) is 21.8 Å². The number of benzene rings is 1. The zero-order valence-electron chi connectivity index (χ0n) is 10.3. The number of nitrogens with zero attached hydrogens (tertiary/aromatic N) is 2. The van der Waals surface area contributed by atoms with Crippen LogP contribution in [0, 0.1) is 5.92 Å². The summed E-state index contributed by atoms with van der Waals surface area (Å²) in [4.78, 5) is 4.31. The van der Waals surface area contributed by atoms with Crippen molar-refractivity contribution in [3.05, 3.63) is 30.2 Å². The van der Waals surface area contributed by atoms with Gasteiger partial charge in [0.15, 0.2) is 0 Å². The number of aromatic nitrogens is 2. The Labute approximate surface area is 106 Å². The average Bonchev–Trinajstić information content (AvgIpc) is 2.84. The molecular weight excluding hydrogens is 230 g/mol. The predicted octanol–water partition coefficient (Wildman–Crippen LogP) is 1.97. The van der Waals surface area contributed by atoms with Gasteiger partial charge >= 0.3 is 0 Å². The first-order valence-corrected chi connectivity index (χ1v) is 6.05. The van der Waals surface area contributed by atoms with Gasteiger partial charge in [0.25, 0.3) is 0 Å². The van der Waals surface area contributed by atoms with Crippen LogP contribution in [-0.2, 0) is 6.42 Å². The van der Waals surface area contributed by atoms with Gasteiger partial charge in [0, 0.05) is 12.0 Å². The van der Waals surface area contributed by atoms with Crippen molar-refractivity contribution in [1.29, 1.82) is 0 Å². The fourth-order valence-electron chi connectivity index (χ4n) is 1.74. The molecule has 5 nitrogen and oxygen atoms in total. The van der Waals surface area contributed by atoms with Crippen molar-refractivity contribution < 1.29 is 9.63 Å². The molecule has 0 aliphatic heterocycles. The maximum Gasteiger partial charge on any atom is 0.227 e. The minimum atomic E-state index is 0.187. The second kappa shape index (κ2) is 5.64. The Kier molecular flexibility index (Phi) is 3.94. The topological polar surface area (TPSA) is 85.2 Å². The molecule has 1 aromatic heterocycles. The molecule has 3 N–H and O–H groups in total. The number of aromatic hydroxyl groups is 1. The van der Waals surface area contributed by atoms with Gasteiger partial charge in [-0.3, -0.25) is 0 Å². The van der Waals surface area contributed by atoms with Crippen LogP contribution in [0.15, 0.2) is 28.8 Å². The van der Waals surface area contributed by atoms with Crippen molar-refractivity contribution in [2.24, 2.45) is 11.7 Å². The maximum atomic E-state index is 9.40. The second-order valence-corrected chi connectivity index (χ2v) is 4.28. The number of nitrogens with two attached hydrogens (primary N) is 1. The molecule has 1 unspecified atom stereocenters. The van der Waals surface area contributed by atoms with Crippen LogP contribution in [0.2, 0.25) is 0 Å². The minimum absolute atomic E-state index is 0.187. The van der Waals surface area contributed by atoms with Crippen LogP contribution in [0.1, 0.15) is 19.2 Å². The van der Waals surface area contributed by atoms with Gasteiger partial charge in [-0.1, -0.05) is 30.6 Å². The lowest BCUT2D eigenvalue weighted by molar-refractivity contribution is 0.350. The van der Waals surface area contributed by atoms with Crippen molar-refractivity contribution in [3.63, 3.8) is 0 Å². The summed E-state index contributed by atoms with van der Waals surface area (Å²) < 4.78 is 5.19. The Balaban J connectivity index is 2.15. The lowest BCUT2D eigenvalue weighted by Gasteiger charge is -2.07. The van der Waals surface area contributed by atoms with Gasteiger partial charge in [0.05, 0.1) is 0 Å². The zero-order valence-corrected chi connectivity index (χ0v) is 10.3. The van der Waals surface area contributed by atoms with E-state index < -0.39 is 0 Å². The van der Waals surface area contributed by atoms with Crippen LogP contribution >= 0.6 is 0 Å². The normalized spacial score (nSPS) is 12.6. The first kappa shape index (κ1) is 12.6. The monoisotopic (exact) mass is 247 g/mol. The lowest BCUT2D eigenvalue weighted by Crippen LogP contribution is -2.15. The molecule has 0 amide bonds. The molecule has 0 spiro atoms. The maximum absolute atomic E-state index is 9.40. The van der Waals surface area contributed by atoms with Crippen molar-refractivity contribution in [2.75, 3.05) is 6.54 Å². The molecule has 2 rings (SSSR count). The van der Waals surface area contributed by atoms with E-state index in [9.17, 15) is 5.11 Å². The summed E-state index contributed by atoms with van der Waals surface area (Å²) in [6, 6.07) is 6.78. The van der Waals surface area contributed by atoms with Crippen LogP contribution in [0.5, 0.6) is 5.75 Å². The molecule has 18 heavy (non-hydrogen) atoms. The first-order chi connectivity index (χ1) is 8.72. The van der Waals surface area contributed by atoms with E-state index >= 15 is 0 Å². The molecule has 96 valence electrons. The Bertz CT molecular complexity index is 506. The highest BCUT2D eigenvalue weighted by Crippen LogP contribution is 2.21. The minimum Gasteiger partial charge on any atom is -0.508 e. The van der Waals surface area contributed by atoms with Crippen molar-refractivity contribution >= 4 is 0 Å². The third kappa shape index (κ3) is 2.87. The van der Waals surface area contributed by atoms with E-state index in [0.29, 0.717) is 30.6 Å². The van der Waals surface area contributed by atoms with Crippen LogP contribution < -0.4 is 5.73 Å². The number of hydrogen-bond acceptors (Lipinski definition) is 5. The highest BCUT2D eigenvalue weighted by atomic mass is 16.5. The summed E-state index contributed by atoms with van der Waals surface area (Å²) >= 11 is 0. The van der Waals surface area contributed by atoms with E-state index in [0.717, 1.165) is 12.0 Å². The highest BCUT2D eigenvalue weighted by molar-refractivity contribution is 5.56. The smallest absolute Gasteiger partial charge is 0.227 e. The Morgan fingerprint density at radius 3 is 2.94 bits per heavy atom. The van der Waals surface area contributed by atoms with Crippen molar-refractivity contribution in [3.8, 4) is 17.1 Å². The number of rotatable bonds is 5. The van der Waals surface area contributed by atoms with E-state index in [4.69, 9.17) is 10.3 Å². The van der Waals surface area contributed by atoms with Crippen molar-refractivity contribution in [1.82, 2.24) is 10.1 Å². The summed E-state index contributed by atoms with van der Waals surface area (Å²) in [7, 11) is 0. The summed E-state index contributed by atoms with van der Waals surface area (Å²) in [5, 5.41) is 13.3. The zero-order chi connectivity index (χ0) is 13.0. The third-order valence-corrected chi connectivity index (χ3v) is 2.95. The molecule has 0 saturated carbocycles. The Morgan fingerprint density at radius 2 is 2.28 bits per heavy atom. The van der Waals surface area contributed by atoms with E-state index in [1.807, 2.05) is 6.07 Å². The molecule has 0 radical (unpaired) electrons. The lowest BCUT2D eigenvalue weighted by atomic mass is 10.0. The van der Waals surface area contributed by atoms with E-state index in [1.165, 1.54) is 0 Å². The molecule has 0 fully saturated rings.